The average molecular weight is 431 g/mol. The van der Waals surface area contributed by atoms with Crippen LogP contribution in [0.2, 0.25) is 0 Å². The minimum atomic E-state index is -0.974. The summed E-state index contributed by atoms with van der Waals surface area (Å²) >= 11 is 0. The number of dihydropyridines is 1. The van der Waals surface area contributed by atoms with Gasteiger partial charge in [-0.3, -0.25) is 9.59 Å². The van der Waals surface area contributed by atoms with Gasteiger partial charge in [-0.2, -0.15) is 0 Å². The summed E-state index contributed by atoms with van der Waals surface area (Å²) in [6.07, 6.45) is 0.432. The number of rotatable bonds is 6. The molecule has 0 unspecified atom stereocenters. The number of halogens is 1. The lowest BCUT2D eigenvalue weighted by atomic mass is 9.69. The summed E-state index contributed by atoms with van der Waals surface area (Å²) in [6, 6.07) is 5.61. The van der Waals surface area contributed by atoms with Crippen molar-refractivity contribution in [2.24, 2.45) is 11.8 Å². The maximum absolute atomic E-state index is 13.6. The maximum atomic E-state index is 13.6. The topological polar surface area (TPSA) is 90.9 Å². The van der Waals surface area contributed by atoms with E-state index >= 15 is 0 Å². The van der Waals surface area contributed by atoms with Crippen LogP contribution in [0, 0.1) is 17.7 Å². The first-order valence-electron chi connectivity index (χ1n) is 10.0. The van der Waals surface area contributed by atoms with Gasteiger partial charge >= 0.3 is 11.9 Å². The van der Waals surface area contributed by atoms with Gasteiger partial charge < -0.3 is 19.5 Å². The molecule has 0 spiro atoms. The summed E-state index contributed by atoms with van der Waals surface area (Å²) in [4.78, 5) is 38.8. The Kier molecular flexibility index (Phi) is 6.90. The van der Waals surface area contributed by atoms with Crippen molar-refractivity contribution in [1.82, 2.24) is 5.32 Å². The minimum Gasteiger partial charge on any atom is -0.468 e. The molecule has 7 nitrogen and oxygen atoms in total. The van der Waals surface area contributed by atoms with Crippen LogP contribution < -0.4 is 5.32 Å². The van der Waals surface area contributed by atoms with Gasteiger partial charge in [0.25, 0.3) is 0 Å². The second-order valence-electron chi connectivity index (χ2n) is 7.72. The molecule has 0 aromatic heterocycles. The molecule has 0 radical (unpaired) electrons. The quantitative estimate of drug-likeness (QED) is 0.421. The Morgan fingerprint density at radius 1 is 1.16 bits per heavy atom. The van der Waals surface area contributed by atoms with Crippen molar-refractivity contribution in [3.63, 3.8) is 0 Å². The van der Waals surface area contributed by atoms with Gasteiger partial charge in [0.1, 0.15) is 18.3 Å². The van der Waals surface area contributed by atoms with E-state index in [9.17, 15) is 18.8 Å². The molecule has 0 amide bonds. The monoisotopic (exact) mass is 431 g/mol. The lowest BCUT2D eigenvalue weighted by Gasteiger charge is -2.38. The molecule has 8 heteroatoms. The molecule has 0 bridgehead atoms. The molecule has 0 saturated carbocycles. The zero-order valence-electron chi connectivity index (χ0n) is 18.0. The highest BCUT2D eigenvalue weighted by Crippen LogP contribution is 2.45. The fourth-order valence-corrected chi connectivity index (χ4v) is 4.24. The second kappa shape index (κ2) is 9.43. The fourth-order valence-electron chi connectivity index (χ4n) is 4.24. The van der Waals surface area contributed by atoms with Gasteiger partial charge in [0.15, 0.2) is 5.78 Å². The van der Waals surface area contributed by atoms with Crippen LogP contribution >= 0.6 is 0 Å². The summed E-state index contributed by atoms with van der Waals surface area (Å²) in [5.41, 5.74) is 2.31. The van der Waals surface area contributed by atoms with Crippen LogP contribution in [0.25, 0.3) is 0 Å². The molecule has 1 heterocycles. The van der Waals surface area contributed by atoms with E-state index in [4.69, 9.17) is 14.2 Å². The molecule has 1 aromatic rings. The number of carbonyl (C=O) groups excluding carboxylic acids is 3. The molecule has 31 heavy (non-hydrogen) atoms. The maximum Gasteiger partial charge on any atom is 0.336 e. The average Bonchev–Trinajstić information content (AvgIpc) is 2.73. The second-order valence-corrected chi connectivity index (χ2v) is 7.72. The lowest BCUT2D eigenvalue weighted by molar-refractivity contribution is -0.151. The molecular formula is C23H26FNO6. The highest BCUT2D eigenvalue weighted by atomic mass is 19.1. The van der Waals surface area contributed by atoms with E-state index in [1.54, 1.807) is 6.92 Å². The van der Waals surface area contributed by atoms with Gasteiger partial charge in [0.2, 0.25) is 0 Å². The van der Waals surface area contributed by atoms with Crippen LogP contribution in [0.1, 0.15) is 31.7 Å². The van der Waals surface area contributed by atoms with Crippen molar-refractivity contribution in [3.8, 4) is 0 Å². The van der Waals surface area contributed by atoms with Gasteiger partial charge in [-0.25, -0.2) is 9.18 Å². The van der Waals surface area contributed by atoms with E-state index in [0.717, 1.165) is 0 Å². The van der Waals surface area contributed by atoms with Gasteiger partial charge in [0, 0.05) is 30.0 Å². The van der Waals surface area contributed by atoms with Crippen LogP contribution in [-0.4, -0.2) is 45.2 Å². The molecule has 2 aliphatic rings. The van der Waals surface area contributed by atoms with E-state index in [1.807, 2.05) is 6.92 Å². The number of ketones is 1. The molecule has 3 atom stereocenters. The molecule has 166 valence electrons. The number of hydrogen-bond donors (Lipinski definition) is 1. The third-order valence-electron chi connectivity index (χ3n) is 5.69. The first kappa shape index (κ1) is 22.7. The van der Waals surface area contributed by atoms with Gasteiger partial charge in [-0.05, 0) is 37.0 Å². The largest absolute Gasteiger partial charge is 0.468 e. The number of benzene rings is 1. The van der Waals surface area contributed by atoms with Crippen molar-refractivity contribution in [1.29, 1.82) is 0 Å². The van der Waals surface area contributed by atoms with Crippen molar-refractivity contribution >= 4 is 17.7 Å². The summed E-state index contributed by atoms with van der Waals surface area (Å²) in [6.45, 7) is 3.81. The van der Waals surface area contributed by atoms with Gasteiger partial charge in [-0.15, -0.1) is 0 Å². The van der Waals surface area contributed by atoms with E-state index in [-0.39, 0.29) is 24.7 Å². The molecule has 3 rings (SSSR count). The van der Waals surface area contributed by atoms with Crippen molar-refractivity contribution < 1.29 is 33.0 Å². The normalized spacial score (nSPS) is 23.3. The Labute approximate surface area is 180 Å². The highest BCUT2D eigenvalue weighted by Gasteiger charge is 2.47. The van der Waals surface area contributed by atoms with Gasteiger partial charge in [-0.1, -0.05) is 19.1 Å². The van der Waals surface area contributed by atoms with E-state index < -0.39 is 35.4 Å². The fraction of sp³-hybridized carbons (Fsp3) is 0.435. The van der Waals surface area contributed by atoms with Crippen LogP contribution in [0.15, 0.2) is 46.8 Å². The summed E-state index contributed by atoms with van der Waals surface area (Å²) in [5.74, 6) is -4.11. The van der Waals surface area contributed by atoms with E-state index in [1.165, 1.54) is 38.5 Å². The number of hydrogen-bond acceptors (Lipinski definition) is 7. The minimum absolute atomic E-state index is 0.0456. The Bertz CT molecular complexity index is 949. The van der Waals surface area contributed by atoms with Crippen LogP contribution in [0.5, 0.6) is 0 Å². The Hall–Kier alpha value is -3.00. The number of ether oxygens (including phenoxy) is 3. The number of methoxy groups -OCH3 is 2. The number of carbonyl (C=O) groups is 3. The molecular weight excluding hydrogens is 405 g/mol. The molecule has 1 aliphatic carbocycles. The third kappa shape index (κ3) is 4.39. The zero-order valence-corrected chi connectivity index (χ0v) is 18.0. The predicted molar refractivity (Wildman–Crippen MR) is 109 cm³/mol. The molecule has 1 N–H and O–H groups in total. The Morgan fingerprint density at radius 2 is 1.84 bits per heavy atom. The number of Topliss-reactive ketones (excluding diaryl/α,β-unsaturated/α-hetero) is 1. The first-order valence-corrected chi connectivity index (χ1v) is 10.0. The summed E-state index contributed by atoms with van der Waals surface area (Å²) in [7, 11) is 2.74. The molecule has 0 saturated heterocycles. The van der Waals surface area contributed by atoms with Crippen LogP contribution in [0.3, 0.4) is 0 Å². The standard InChI is InChI=1S/C23H26FNO6/c1-12-11-16-20(21(26)17(12)22(27)30-4)19(14-5-7-15(24)8-6-14)18(13(2)25-16)23(28)31-10-9-29-3/h5-8,12,17,19,25H,9-11H2,1-4H3/t12-,17+,19-/m1/s1. The summed E-state index contributed by atoms with van der Waals surface area (Å²) < 4.78 is 28.7. The number of esters is 2. The van der Waals surface area contributed by atoms with E-state index in [2.05, 4.69) is 5.32 Å². The van der Waals surface area contributed by atoms with Crippen molar-refractivity contribution in [2.45, 2.75) is 26.2 Å². The van der Waals surface area contributed by atoms with Crippen molar-refractivity contribution in [2.75, 3.05) is 27.4 Å². The third-order valence-corrected chi connectivity index (χ3v) is 5.69. The molecule has 0 fully saturated rings. The van der Waals surface area contributed by atoms with Crippen molar-refractivity contribution in [3.05, 3.63) is 58.2 Å². The number of nitrogens with one attached hydrogen (secondary N) is 1. The Balaban J connectivity index is 2.11. The molecule has 1 aliphatic heterocycles. The zero-order chi connectivity index (χ0) is 22.7. The lowest BCUT2D eigenvalue weighted by Crippen LogP contribution is -2.43. The SMILES string of the molecule is COCCOC(=O)C1=C(C)NC2=C(C(=O)[C@@H](C(=O)OC)[C@H](C)C2)[C@@H]1c1ccc(F)cc1. The van der Waals surface area contributed by atoms with Crippen LogP contribution in [-0.2, 0) is 28.6 Å². The molecule has 1 aromatic carbocycles. The van der Waals surface area contributed by atoms with Crippen LogP contribution in [0.4, 0.5) is 4.39 Å². The number of allylic oxidation sites excluding steroid dienone is 3. The Morgan fingerprint density at radius 3 is 2.45 bits per heavy atom. The predicted octanol–water partition coefficient (Wildman–Crippen LogP) is 2.63. The van der Waals surface area contributed by atoms with E-state index in [0.29, 0.717) is 29.0 Å². The summed E-state index contributed by atoms with van der Waals surface area (Å²) in [5, 5.41) is 3.17. The highest BCUT2D eigenvalue weighted by molar-refractivity contribution is 6.12. The van der Waals surface area contributed by atoms with Gasteiger partial charge in [0.05, 0.1) is 19.3 Å². The first-order chi connectivity index (χ1) is 14.8. The smallest absolute Gasteiger partial charge is 0.336 e.